The van der Waals surface area contributed by atoms with E-state index in [-0.39, 0.29) is 23.9 Å². The normalized spacial score (nSPS) is 12.6. The molecule has 10 heteroatoms. The lowest BCUT2D eigenvalue weighted by atomic mass is 10.2. The lowest BCUT2D eigenvalue weighted by molar-refractivity contribution is -0.136. The maximum absolute atomic E-state index is 12.3. The van der Waals surface area contributed by atoms with Crippen molar-refractivity contribution in [2.24, 2.45) is 0 Å². The molecule has 2 aromatic rings. The lowest BCUT2D eigenvalue weighted by Crippen LogP contribution is -2.24. The molecule has 9 nitrogen and oxygen atoms in total. The molecule has 0 unspecified atom stereocenters. The number of pyridine rings is 1. The summed E-state index contributed by atoms with van der Waals surface area (Å²) >= 11 is 6.00. The molecule has 1 aromatic carbocycles. The summed E-state index contributed by atoms with van der Waals surface area (Å²) in [5.74, 6) is -1.28. The summed E-state index contributed by atoms with van der Waals surface area (Å²) in [6, 6.07) is 9.74. The first-order valence-corrected chi connectivity index (χ1v) is 8.51. The highest BCUT2D eigenvalue weighted by Crippen LogP contribution is 2.17. The van der Waals surface area contributed by atoms with E-state index in [2.05, 4.69) is 31.0 Å². The molecule has 2 amide bonds. The molecular formula is C18H16ClN5O4. The Morgan fingerprint density at radius 1 is 1.04 bits per heavy atom. The van der Waals surface area contributed by atoms with Crippen molar-refractivity contribution in [3.05, 3.63) is 64.6 Å². The topological polar surface area (TPSA) is 121 Å². The molecule has 0 fully saturated rings. The van der Waals surface area contributed by atoms with Crippen LogP contribution in [0.3, 0.4) is 0 Å². The highest BCUT2D eigenvalue weighted by Gasteiger charge is 2.26. The van der Waals surface area contributed by atoms with Gasteiger partial charge in [0.25, 0.3) is 11.8 Å². The van der Waals surface area contributed by atoms with Crippen LogP contribution in [0.2, 0.25) is 5.02 Å². The van der Waals surface area contributed by atoms with Crippen LogP contribution in [-0.4, -0.2) is 36.5 Å². The van der Waals surface area contributed by atoms with Crippen molar-refractivity contribution < 1.29 is 19.1 Å². The van der Waals surface area contributed by atoms with E-state index in [0.717, 1.165) is 0 Å². The Morgan fingerprint density at radius 3 is 2.46 bits per heavy atom. The molecule has 0 saturated heterocycles. The van der Waals surface area contributed by atoms with Crippen LogP contribution < -0.4 is 21.3 Å². The first kappa shape index (κ1) is 19.2. The molecule has 0 radical (unpaired) electrons. The SMILES string of the molecule is COC(=O)C1=C(C(=O)Nc2ccc(NC(=O)c3ccccc3Cl)nc2)NCN1. The predicted molar refractivity (Wildman–Crippen MR) is 102 cm³/mol. The van der Waals surface area contributed by atoms with Gasteiger partial charge in [0.15, 0.2) is 5.70 Å². The number of hydrogen-bond donors (Lipinski definition) is 4. The molecule has 0 saturated carbocycles. The second kappa shape index (κ2) is 8.40. The van der Waals surface area contributed by atoms with Crippen LogP contribution >= 0.6 is 11.6 Å². The van der Waals surface area contributed by atoms with E-state index in [9.17, 15) is 14.4 Å². The van der Waals surface area contributed by atoms with Crippen LogP contribution in [0.5, 0.6) is 0 Å². The van der Waals surface area contributed by atoms with E-state index < -0.39 is 17.8 Å². The summed E-state index contributed by atoms with van der Waals surface area (Å²) in [5.41, 5.74) is 0.830. The number of nitrogens with zero attached hydrogens (tertiary/aromatic N) is 1. The number of amides is 2. The Labute approximate surface area is 165 Å². The van der Waals surface area contributed by atoms with Gasteiger partial charge in [0.2, 0.25) is 0 Å². The molecule has 144 valence electrons. The third kappa shape index (κ3) is 4.21. The monoisotopic (exact) mass is 401 g/mol. The van der Waals surface area contributed by atoms with Crippen LogP contribution in [0.4, 0.5) is 11.5 Å². The Morgan fingerprint density at radius 2 is 1.79 bits per heavy atom. The number of carbonyl (C=O) groups excluding carboxylic acids is 3. The van der Waals surface area contributed by atoms with Crippen LogP contribution in [0.1, 0.15) is 10.4 Å². The van der Waals surface area contributed by atoms with E-state index in [1.54, 1.807) is 30.3 Å². The fourth-order valence-electron chi connectivity index (χ4n) is 2.43. The Hall–Kier alpha value is -3.59. The maximum atomic E-state index is 12.3. The largest absolute Gasteiger partial charge is 0.464 e. The molecular weight excluding hydrogens is 386 g/mol. The van der Waals surface area contributed by atoms with Gasteiger partial charge >= 0.3 is 5.97 Å². The molecule has 2 heterocycles. The number of rotatable bonds is 5. The summed E-state index contributed by atoms with van der Waals surface area (Å²) < 4.78 is 4.62. The number of halogens is 1. The number of ether oxygens (including phenoxy) is 1. The Balaban J connectivity index is 1.66. The van der Waals surface area contributed by atoms with Gasteiger partial charge in [0.05, 0.1) is 36.2 Å². The first-order valence-electron chi connectivity index (χ1n) is 8.13. The maximum Gasteiger partial charge on any atom is 0.356 e. The fraction of sp³-hybridized carbons (Fsp3) is 0.111. The highest BCUT2D eigenvalue weighted by atomic mass is 35.5. The van der Waals surface area contributed by atoms with Crippen LogP contribution in [0.25, 0.3) is 0 Å². The van der Waals surface area contributed by atoms with Gasteiger partial charge in [-0.2, -0.15) is 0 Å². The molecule has 1 aliphatic heterocycles. The second-order valence-electron chi connectivity index (χ2n) is 5.59. The molecule has 28 heavy (non-hydrogen) atoms. The number of esters is 1. The molecule has 1 aliphatic rings. The van der Waals surface area contributed by atoms with Crippen molar-refractivity contribution in [2.75, 3.05) is 24.4 Å². The van der Waals surface area contributed by atoms with Gasteiger partial charge in [-0.15, -0.1) is 0 Å². The van der Waals surface area contributed by atoms with Crippen LogP contribution in [0.15, 0.2) is 54.0 Å². The number of carbonyl (C=O) groups is 3. The quantitative estimate of drug-likeness (QED) is 0.559. The zero-order chi connectivity index (χ0) is 20.1. The van der Waals surface area contributed by atoms with E-state index in [4.69, 9.17) is 11.6 Å². The fourth-order valence-corrected chi connectivity index (χ4v) is 2.65. The van der Waals surface area contributed by atoms with Crippen molar-refractivity contribution in [1.29, 1.82) is 0 Å². The first-order chi connectivity index (χ1) is 13.5. The summed E-state index contributed by atoms with van der Waals surface area (Å²) in [4.78, 5) is 40.3. The minimum absolute atomic E-state index is 0.0524. The van der Waals surface area contributed by atoms with Gasteiger partial charge in [-0.25, -0.2) is 9.78 Å². The number of nitrogens with one attached hydrogen (secondary N) is 4. The number of methoxy groups -OCH3 is 1. The lowest BCUT2D eigenvalue weighted by Gasteiger charge is -2.09. The zero-order valence-electron chi connectivity index (χ0n) is 14.7. The third-order valence-corrected chi connectivity index (χ3v) is 4.11. The summed E-state index contributed by atoms with van der Waals surface area (Å²) in [7, 11) is 1.23. The number of aromatic nitrogens is 1. The predicted octanol–water partition coefficient (Wildman–Crippen LogP) is 1.46. The van der Waals surface area contributed by atoms with Gasteiger partial charge in [0.1, 0.15) is 11.5 Å². The molecule has 1 aromatic heterocycles. The Bertz CT molecular complexity index is 959. The van der Waals surface area contributed by atoms with Gasteiger partial charge in [-0.1, -0.05) is 23.7 Å². The Kier molecular flexibility index (Phi) is 5.75. The van der Waals surface area contributed by atoms with Gasteiger partial charge in [-0.05, 0) is 24.3 Å². The number of anilines is 2. The minimum Gasteiger partial charge on any atom is -0.464 e. The van der Waals surface area contributed by atoms with Gasteiger partial charge < -0.3 is 26.0 Å². The van der Waals surface area contributed by atoms with Crippen molar-refractivity contribution >= 4 is 40.9 Å². The van der Waals surface area contributed by atoms with Crippen molar-refractivity contribution in [1.82, 2.24) is 15.6 Å². The van der Waals surface area contributed by atoms with E-state index >= 15 is 0 Å². The van der Waals surface area contributed by atoms with E-state index in [0.29, 0.717) is 16.3 Å². The standard InChI is InChI=1S/C18H16ClN5O4/c1-28-18(27)15-14(21-9-22-15)17(26)23-10-6-7-13(20-8-10)24-16(25)11-4-2-3-5-12(11)19/h2-8,21-22H,9H2,1H3,(H,23,26)(H,20,24,25). The van der Waals surface area contributed by atoms with Gasteiger partial charge in [-0.3, -0.25) is 9.59 Å². The number of benzene rings is 1. The molecule has 0 aliphatic carbocycles. The van der Waals surface area contributed by atoms with Crippen LogP contribution in [0, 0.1) is 0 Å². The molecule has 0 spiro atoms. The smallest absolute Gasteiger partial charge is 0.356 e. The molecule has 0 bridgehead atoms. The summed E-state index contributed by atoms with van der Waals surface area (Å²) in [5, 5.41) is 11.1. The average molecular weight is 402 g/mol. The molecule has 4 N–H and O–H groups in total. The highest BCUT2D eigenvalue weighted by molar-refractivity contribution is 6.34. The van der Waals surface area contributed by atoms with Gasteiger partial charge in [0, 0.05) is 0 Å². The third-order valence-electron chi connectivity index (χ3n) is 3.78. The molecule has 0 atom stereocenters. The second-order valence-corrected chi connectivity index (χ2v) is 6.00. The summed E-state index contributed by atoms with van der Waals surface area (Å²) in [6.07, 6.45) is 1.38. The average Bonchev–Trinajstić information content (AvgIpc) is 3.19. The van der Waals surface area contributed by atoms with Crippen LogP contribution in [-0.2, 0) is 14.3 Å². The minimum atomic E-state index is -0.647. The van der Waals surface area contributed by atoms with Crippen molar-refractivity contribution in [2.45, 2.75) is 0 Å². The molecule has 3 rings (SSSR count). The van der Waals surface area contributed by atoms with E-state index in [1.807, 2.05) is 0 Å². The summed E-state index contributed by atoms with van der Waals surface area (Å²) in [6.45, 7) is 0.235. The number of hydrogen-bond acceptors (Lipinski definition) is 7. The van der Waals surface area contributed by atoms with E-state index in [1.165, 1.54) is 19.4 Å². The van der Waals surface area contributed by atoms with Crippen molar-refractivity contribution in [3.8, 4) is 0 Å². The zero-order valence-corrected chi connectivity index (χ0v) is 15.5. The van der Waals surface area contributed by atoms with Crippen molar-refractivity contribution in [3.63, 3.8) is 0 Å².